The average molecular weight is 265 g/mol. The van der Waals surface area contributed by atoms with E-state index in [4.69, 9.17) is 0 Å². The third kappa shape index (κ3) is 4.61. The maximum atomic E-state index is 13.7. The Balaban J connectivity index is 0.00000256. The summed E-state index contributed by atoms with van der Waals surface area (Å²) in [5, 5.41) is 7.35. The first-order valence-electron chi connectivity index (χ1n) is 5.63. The number of halogens is 2. The van der Waals surface area contributed by atoms with Gasteiger partial charge in [-0.05, 0) is 27.9 Å². The largest absolute Gasteiger partial charge is 0.311 e. The molecule has 0 aliphatic rings. The predicted molar refractivity (Wildman–Crippen MR) is 70.1 cm³/mol. The lowest BCUT2D eigenvalue weighted by Gasteiger charge is -2.09. The molecule has 0 spiro atoms. The van der Waals surface area contributed by atoms with Crippen molar-refractivity contribution in [2.24, 2.45) is 0 Å². The Labute approximate surface area is 109 Å². The van der Waals surface area contributed by atoms with Gasteiger partial charge in [0.15, 0.2) is 0 Å². The molecule has 6 heteroatoms. The molecule has 0 aliphatic carbocycles. The zero-order valence-corrected chi connectivity index (χ0v) is 11.8. The van der Waals surface area contributed by atoms with Crippen molar-refractivity contribution in [1.82, 2.24) is 20.0 Å². The lowest BCUT2D eigenvalue weighted by atomic mass is 10.2. The topological polar surface area (TPSA) is 33.1 Å². The van der Waals surface area contributed by atoms with E-state index in [1.807, 2.05) is 27.9 Å². The van der Waals surface area contributed by atoms with Crippen LogP contribution in [-0.4, -0.2) is 41.9 Å². The van der Waals surface area contributed by atoms with Crippen molar-refractivity contribution in [2.45, 2.75) is 26.9 Å². The molecule has 1 aromatic heterocycles. The molecule has 100 valence electrons. The minimum atomic E-state index is -0.211. The van der Waals surface area contributed by atoms with E-state index in [1.165, 1.54) is 4.68 Å². The van der Waals surface area contributed by atoms with Gasteiger partial charge in [-0.2, -0.15) is 9.49 Å². The number of hydrogen-bond donors (Lipinski definition) is 1. The van der Waals surface area contributed by atoms with Gasteiger partial charge >= 0.3 is 0 Å². The third-order valence-corrected chi connectivity index (χ3v) is 2.52. The van der Waals surface area contributed by atoms with E-state index in [9.17, 15) is 4.39 Å². The van der Waals surface area contributed by atoms with E-state index in [0.717, 1.165) is 18.8 Å². The second-order valence-electron chi connectivity index (χ2n) is 4.15. The van der Waals surface area contributed by atoms with Gasteiger partial charge in [0.2, 0.25) is 5.95 Å². The number of rotatable bonds is 6. The van der Waals surface area contributed by atoms with Gasteiger partial charge in [-0.25, -0.2) is 4.68 Å². The molecular weight excluding hydrogens is 243 g/mol. The first-order chi connectivity index (χ1) is 7.56. The number of aromatic nitrogens is 2. The van der Waals surface area contributed by atoms with Crippen LogP contribution < -0.4 is 5.32 Å². The molecule has 1 aromatic rings. The molecule has 0 saturated heterocycles. The molecule has 0 unspecified atom stereocenters. The fraction of sp³-hybridized carbons (Fsp3) is 0.727. The van der Waals surface area contributed by atoms with Crippen LogP contribution >= 0.6 is 12.4 Å². The van der Waals surface area contributed by atoms with E-state index in [1.54, 1.807) is 0 Å². The average Bonchev–Trinajstić information content (AvgIpc) is 2.50. The van der Waals surface area contributed by atoms with Crippen LogP contribution in [0.25, 0.3) is 0 Å². The Morgan fingerprint density at radius 2 is 2.06 bits per heavy atom. The zero-order chi connectivity index (χ0) is 12.1. The summed E-state index contributed by atoms with van der Waals surface area (Å²) in [4.78, 5) is 2.09. The van der Waals surface area contributed by atoms with E-state index < -0.39 is 0 Å². The van der Waals surface area contributed by atoms with Gasteiger partial charge in [0.05, 0.1) is 5.69 Å². The van der Waals surface area contributed by atoms with E-state index in [-0.39, 0.29) is 18.4 Å². The van der Waals surface area contributed by atoms with Crippen LogP contribution in [0.1, 0.15) is 18.2 Å². The Morgan fingerprint density at radius 1 is 1.41 bits per heavy atom. The molecule has 0 radical (unpaired) electrons. The maximum Gasteiger partial charge on any atom is 0.216 e. The van der Waals surface area contributed by atoms with Gasteiger partial charge in [0.25, 0.3) is 0 Å². The quantitative estimate of drug-likeness (QED) is 0.789. The van der Waals surface area contributed by atoms with Crippen LogP contribution in [0.2, 0.25) is 0 Å². The van der Waals surface area contributed by atoms with Crippen LogP contribution in [0.5, 0.6) is 0 Å². The second-order valence-corrected chi connectivity index (χ2v) is 4.15. The van der Waals surface area contributed by atoms with Gasteiger partial charge in [0, 0.05) is 31.7 Å². The highest BCUT2D eigenvalue weighted by molar-refractivity contribution is 5.85. The van der Waals surface area contributed by atoms with Gasteiger partial charge in [-0.1, -0.05) is 0 Å². The molecule has 0 saturated carbocycles. The van der Waals surface area contributed by atoms with Crippen LogP contribution in [0.4, 0.5) is 4.39 Å². The predicted octanol–water partition coefficient (Wildman–Crippen LogP) is 1.42. The van der Waals surface area contributed by atoms with Crippen molar-refractivity contribution in [3.05, 3.63) is 17.2 Å². The van der Waals surface area contributed by atoms with Gasteiger partial charge in [-0.15, -0.1) is 12.4 Å². The highest BCUT2D eigenvalue weighted by Crippen LogP contribution is 2.11. The molecule has 17 heavy (non-hydrogen) atoms. The minimum absolute atomic E-state index is 0. The summed E-state index contributed by atoms with van der Waals surface area (Å²) < 4.78 is 15.1. The monoisotopic (exact) mass is 264 g/mol. The molecule has 0 aromatic carbocycles. The lowest BCUT2D eigenvalue weighted by Crippen LogP contribution is -2.26. The zero-order valence-electron chi connectivity index (χ0n) is 11.0. The van der Waals surface area contributed by atoms with E-state index in [2.05, 4.69) is 15.3 Å². The van der Waals surface area contributed by atoms with Crippen molar-refractivity contribution < 1.29 is 4.39 Å². The fourth-order valence-electron chi connectivity index (χ4n) is 1.52. The smallest absolute Gasteiger partial charge is 0.216 e. The normalized spacial score (nSPS) is 10.7. The van der Waals surface area contributed by atoms with E-state index >= 15 is 0 Å². The summed E-state index contributed by atoms with van der Waals surface area (Å²) in [5.74, 6) is -0.211. The second kappa shape index (κ2) is 7.63. The Hall–Kier alpha value is -0.650. The van der Waals surface area contributed by atoms with Crippen molar-refractivity contribution in [3.8, 4) is 0 Å². The molecule has 0 fully saturated rings. The summed E-state index contributed by atoms with van der Waals surface area (Å²) in [5.41, 5.74) is 1.46. The first-order valence-corrected chi connectivity index (χ1v) is 5.63. The Kier molecular flexibility index (Phi) is 7.34. The molecule has 1 heterocycles. The van der Waals surface area contributed by atoms with Crippen molar-refractivity contribution >= 4 is 12.4 Å². The molecule has 1 N–H and O–H groups in total. The van der Waals surface area contributed by atoms with Gasteiger partial charge < -0.3 is 10.2 Å². The Bertz CT molecular complexity index is 338. The summed E-state index contributed by atoms with van der Waals surface area (Å²) in [6.45, 7) is 6.65. The standard InChI is InChI=1S/C11H21FN4.ClH/c1-5-16-11(12)10(9(2)14-16)8-13-6-7-15(3)4;/h13H,5-8H2,1-4H3;1H. The molecular formula is C11H22ClFN4. The number of likely N-dealkylation sites (N-methyl/N-ethyl adjacent to an activating group) is 1. The summed E-state index contributed by atoms with van der Waals surface area (Å²) >= 11 is 0. The summed E-state index contributed by atoms with van der Waals surface area (Å²) in [7, 11) is 4.03. The van der Waals surface area contributed by atoms with Crippen molar-refractivity contribution in [1.29, 1.82) is 0 Å². The number of hydrogen-bond acceptors (Lipinski definition) is 3. The highest BCUT2D eigenvalue weighted by Gasteiger charge is 2.13. The molecule has 0 atom stereocenters. The first kappa shape index (κ1) is 16.4. The Morgan fingerprint density at radius 3 is 2.53 bits per heavy atom. The highest BCUT2D eigenvalue weighted by atomic mass is 35.5. The lowest BCUT2D eigenvalue weighted by molar-refractivity contribution is 0.397. The SMILES string of the molecule is CCn1nc(C)c(CNCCN(C)C)c1F.Cl. The third-order valence-electron chi connectivity index (χ3n) is 2.52. The molecule has 1 rings (SSSR count). The van der Waals surface area contributed by atoms with Crippen LogP contribution in [0, 0.1) is 12.9 Å². The summed E-state index contributed by atoms with van der Waals surface area (Å²) in [6, 6.07) is 0. The molecule has 0 bridgehead atoms. The fourth-order valence-corrected chi connectivity index (χ4v) is 1.52. The maximum absolute atomic E-state index is 13.7. The van der Waals surface area contributed by atoms with Crippen molar-refractivity contribution in [2.75, 3.05) is 27.2 Å². The molecule has 0 amide bonds. The molecule has 0 aliphatic heterocycles. The summed E-state index contributed by atoms with van der Waals surface area (Å²) in [6.07, 6.45) is 0. The van der Waals surface area contributed by atoms with Crippen LogP contribution in [-0.2, 0) is 13.1 Å². The number of aryl methyl sites for hydroxylation is 2. The van der Waals surface area contributed by atoms with Gasteiger partial charge in [-0.3, -0.25) is 0 Å². The minimum Gasteiger partial charge on any atom is -0.311 e. The van der Waals surface area contributed by atoms with E-state index in [0.29, 0.717) is 18.7 Å². The van der Waals surface area contributed by atoms with Gasteiger partial charge in [0.1, 0.15) is 0 Å². The number of nitrogens with one attached hydrogen (secondary N) is 1. The van der Waals surface area contributed by atoms with Crippen LogP contribution in [0.15, 0.2) is 0 Å². The van der Waals surface area contributed by atoms with Crippen LogP contribution in [0.3, 0.4) is 0 Å². The molecule has 4 nitrogen and oxygen atoms in total. The number of nitrogens with zero attached hydrogens (tertiary/aromatic N) is 3. The van der Waals surface area contributed by atoms with Crippen molar-refractivity contribution in [3.63, 3.8) is 0 Å².